The molecular formula is C15H21NO2. The Kier molecular flexibility index (Phi) is 4.04. The third-order valence-electron chi connectivity index (χ3n) is 3.65. The molecule has 0 saturated heterocycles. The summed E-state index contributed by atoms with van der Waals surface area (Å²) in [6, 6.07) is 8.00. The molecule has 2 aromatic rings. The first-order valence-electron chi connectivity index (χ1n) is 6.56. The fourth-order valence-electron chi connectivity index (χ4n) is 2.10. The Morgan fingerprint density at radius 3 is 2.67 bits per heavy atom. The Bertz CT molecular complexity index is 500. The second kappa shape index (κ2) is 5.55. The largest absolute Gasteiger partial charge is 0.464 e. The van der Waals surface area contributed by atoms with Crippen LogP contribution in [-0.4, -0.2) is 17.3 Å². The molecular weight excluding hydrogens is 226 g/mol. The average Bonchev–Trinajstić information content (AvgIpc) is 2.82. The Balaban J connectivity index is 1.98. The number of fused-ring (bicyclic) bond motifs is 1. The van der Waals surface area contributed by atoms with Crippen LogP contribution in [0, 0.1) is 0 Å². The molecule has 1 heterocycles. The molecule has 98 valence electrons. The van der Waals surface area contributed by atoms with Crippen molar-refractivity contribution in [2.24, 2.45) is 0 Å². The zero-order chi connectivity index (χ0) is 13.0. The predicted octanol–water partition coefficient (Wildman–Crippen LogP) is 3.07. The van der Waals surface area contributed by atoms with Gasteiger partial charge >= 0.3 is 0 Å². The van der Waals surface area contributed by atoms with E-state index in [4.69, 9.17) is 4.42 Å². The minimum absolute atomic E-state index is 0.598. The zero-order valence-electron chi connectivity index (χ0n) is 11.1. The number of hydrogen-bond donors (Lipinski definition) is 2. The van der Waals surface area contributed by atoms with E-state index in [9.17, 15) is 5.11 Å². The zero-order valence-corrected chi connectivity index (χ0v) is 11.1. The fraction of sp³-hybridized carbons (Fsp3) is 0.467. The van der Waals surface area contributed by atoms with Crippen LogP contribution in [0.15, 0.2) is 34.9 Å². The SMILES string of the molecule is CCC(O)(CC)CNCc1coc2ccccc12. The molecule has 0 unspecified atom stereocenters. The number of hydrogen-bond acceptors (Lipinski definition) is 3. The molecule has 0 bridgehead atoms. The van der Waals surface area contributed by atoms with Gasteiger partial charge in [-0.25, -0.2) is 0 Å². The van der Waals surface area contributed by atoms with Crippen molar-refractivity contribution in [3.05, 3.63) is 36.1 Å². The van der Waals surface area contributed by atoms with Gasteiger partial charge in [-0.1, -0.05) is 32.0 Å². The van der Waals surface area contributed by atoms with Crippen LogP contribution in [0.5, 0.6) is 0 Å². The lowest BCUT2D eigenvalue weighted by Gasteiger charge is -2.25. The van der Waals surface area contributed by atoms with Crippen LogP contribution in [0.2, 0.25) is 0 Å². The lowest BCUT2D eigenvalue weighted by Crippen LogP contribution is -2.39. The Morgan fingerprint density at radius 1 is 1.22 bits per heavy atom. The molecule has 1 aromatic carbocycles. The number of furan rings is 1. The van der Waals surface area contributed by atoms with Gasteiger partial charge in [0.1, 0.15) is 5.58 Å². The smallest absolute Gasteiger partial charge is 0.134 e. The minimum Gasteiger partial charge on any atom is -0.464 e. The second-order valence-corrected chi connectivity index (χ2v) is 4.79. The van der Waals surface area contributed by atoms with Gasteiger partial charge in [0.15, 0.2) is 0 Å². The molecule has 0 fully saturated rings. The molecule has 2 rings (SSSR count). The molecule has 0 aliphatic heterocycles. The van der Waals surface area contributed by atoms with E-state index in [0.717, 1.165) is 35.9 Å². The van der Waals surface area contributed by atoms with E-state index in [2.05, 4.69) is 11.4 Å². The van der Waals surface area contributed by atoms with Gasteiger partial charge in [0.2, 0.25) is 0 Å². The number of para-hydroxylation sites is 1. The fourth-order valence-corrected chi connectivity index (χ4v) is 2.10. The van der Waals surface area contributed by atoms with Crippen LogP contribution in [0.25, 0.3) is 11.0 Å². The van der Waals surface area contributed by atoms with E-state index in [1.807, 2.05) is 32.0 Å². The number of nitrogens with one attached hydrogen (secondary N) is 1. The van der Waals surface area contributed by atoms with Crippen LogP contribution in [0.4, 0.5) is 0 Å². The van der Waals surface area contributed by atoms with Gasteiger partial charge in [-0.15, -0.1) is 0 Å². The molecule has 0 aliphatic rings. The molecule has 0 amide bonds. The van der Waals surface area contributed by atoms with E-state index in [1.54, 1.807) is 6.26 Å². The first-order chi connectivity index (χ1) is 8.68. The van der Waals surface area contributed by atoms with Gasteiger partial charge in [0.05, 0.1) is 11.9 Å². The normalized spacial score (nSPS) is 12.2. The van der Waals surface area contributed by atoms with E-state index in [1.165, 1.54) is 0 Å². The highest BCUT2D eigenvalue weighted by Gasteiger charge is 2.21. The minimum atomic E-state index is -0.598. The van der Waals surface area contributed by atoms with E-state index >= 15 is 0 Å². The van der Waals surface area contributed by atoms with Gasteiger partial charge in [0, 0.05) is 24.0 Å². The summed E-state index contributed by atoms with van der Waals surface area (Å²) < 4.78 is 5.48. The molecule has 0 saturated carbocycles. The first-order valence-corrected chi connectivity index (χ1v) is 6.56. The molecule has 1 aromatic heterocycles. The summed E-state index contributed by atoms with van der Waals surface area (Å²) in [5.41, 5.74) is 1.45. The molecule has 0 atom stereocenters. The van der Waals surface area contributed by atoms with Crippen LogP contribution >= 0.6 is 0 Å². The van der Waals surface area contributed by atoms with E-state index in [0.29, 0.717) is 6.54 Å². The molecule has 0 aliphatic carbocycles. The van der Waals surface area contributed by atoms with Gasteiger partial charge in [-0.3, -0.25) is 0 Å². The lowest BCUT2D eigenvalue weighted by atomic mass is 9.97. The highest BCUT2D eigenvalue weighted by atomic mass is 16.3. The molecule has 3 heteroatoms. The molecule has 2 N–H and O–H groups in total. The maximum absolute atomic E-state index is 10.2. The van der Waals surface area contributed by atoms with E-state index in [-0.39, 0.29) is 0 Å². The summed E-state index contributed by atoms with van der Waals surface area (Å²) in [4.78, 5) is 0. The molecule has 0 spiro atoms. The summed E-state index contributed by atoms with van der Waals surface area (Å²) in [7, 11) is 0. The first kappa shape index (κ1) is 13.1. The van der Waals surface area contributed by atoms with Crippen molar-refractivity contribution in [2.45, 2.75) is 38.8 Å². The van der Waals surface area contributed by atoms with Crippen LogP contribution in [0.1, 0.15) is 32.3 Å². The Labute approximate surface area is 108 Å². The molecule has 18 heavy (non-hydrogen) atoms. The summed E-state index contributed by atoms with van der Waals surface area (Å²) in [6.45, 7) is 5.36. The van der Waals surface area contributed by atoms with Crippen molar-refractivity contribution < 1.29 is 9.52 Å². The predicted molar refractivity (Wildman–Crippen MR) is 73.5 cm³/mol. The third kappa shape index (κ3) is 2.74. The molecule has 3 nitrogen and oxygen atoms in total. The second-order valence-electron chi connectivity index (χ2n) is 4.79. The topological polar surface area (TPSA) is 45.4 Å². The quantitative estimate of drug-likeness (QED) is 0.824. The lowest BCUT2D eigenvalue weighted by molar-refractivity contribution is 0.0323. The van der Waals surface area contributed by atoms with Crippen molar-refractivity contribution in [3.8, 4) is 0 Å². The van der Waals surface area contributed by atoms with Crippen LogP contribution in [0.3, 0.4) is 0 Å². The van der Waals surface area contributed by atoms with Crippen LogP contribution < -0.4 is 5.32 Å². The van der Waals surface area contributed by atoms with Crippen molar-refractivity contribution in [2.75, 3.05) is 6.54 Å². The monoisotopic (exact) mass is 247 g/mol. The standard InChI is InChI=1S/C15H21NO2/c1-3-15(17,4-2)11-16-9-12-10-18-14-8-6-5-7-13(12)14/h5-8,10,16-17H,3-4,9,11H2,1-2H3. The maximum atomic E-state index is 10.2. The van der Waals surface area contributed by atoms with Gasteiger partial charge < -0.3 is 14.8 Å². The summed E-state index contributed by atoms with van der Waals surface area (Å²) in [5.74, 6) is 0. The van der Waals surface area contributed by atoms with Gasteiger partial charge in [-0.2, -0.15) is 0 Å². The van der Waals surface area contributed by atoms with Crippen molar-refractivity contribution in [1.29, 1.82) is 0 Å². The number of rotatable bonds is 6. The van der Waals surface area contributed by atoms with Gasteiger partial charge in [-0.05, 0) is 18.9 Å². The van der Waals surface area contributed by atoms with Crippen LogP contribution in [-0.2, 0) is 6.54 Å². The number of benzene rings is 1. The van der Waals surface area contributed by atoms with Gasteiger partial charge in [0.25, 0.3) is 0 Å². The average molecular weight is 247 g/mol. The Hall–Kier alpha value is -1.32. The Morgan fingerprint density at radius 2 is 1.94 bits per heavy atom. The molecule has 0 radical (unpaired) electrons. The van der Waals surface area contributed by atoms with Crippen molar-refractivity contribution in [1.82, 2.24) is 5.32 Å². The van der Waals surface area contributed by atoms with Crippen molar-refractivity contribution >= 4 is 11.0 Å². The number of aliphatic hydroxyl groups is 1. The highest BCUT2D eigenvalue weighted by molar-refractivity contribution is 5.80. The van der Waals surface area contributed by atoms with E-state index < -0.39 is 5.60 Å². The summed E-state index contributed by atoms with van der Waals surface area (Å²) in [5, 5.41) is 14.6. The third-order valence-corrected chi connectivity index (χ3v) is 3.65. The summed E-state index contributed by atoms with van der Waals surface area (Å²) >= 11 is 0. The summed E-state index contributed by atoms with van der Waals surface area (Å²) in [6.07, 6.45) is 3.32. The highest BCUT2D eigenvalue weighted by Crippen LogP contribution is 2.20. The maximum Gasteiger partial charge on any atom is 0.134 e. The van der Waals surface area contributed by atoms with Crippen molar-refractivity contribution in [3.63, 3.8) is 0 Å².